The highest BCUT2D eigenvalue weighted by Crippen LogP contribution is 2.44. The van der Waals surface area contributed by atoms with Crippen molar-refractivity contribution in [3.05, 3.63) is 47.7 Å². The van der Waals surface area contributed by atoms with Gasteiger partial charge in [-0.2, -0.15) is 0 Å². The molecule has 0 radical (unpaired) electrons. The van der Waals surface area contributed by atoms with Crippen molar-refractivity contribution in [3.63, 3.8) is 0 Å². The van der Waals surface area contributed by atoms with Crippen LogP contribution in [-0.4, -0.2) is 31.1 Å². The molecule has 1 aromatic heterocycles. The number of hydrogen-bond acceptors (Lipinski definition) is 4. The van der Waals surface area contributed by atoms with E-state index in [-0.39, 0.29) is 5.91 Å². The molecule has 2 aromatic rings. The maximum Gasteiger partial charge on any atom is 0.236 e. The summed E-state index contributed by atoms with van der Waals surface area (Å²) in [6.07, 6.45) is 3.33. The van der Waals surface area contributed by atoms with Crippen LogP contribution in [0.15, 0.2) is 36.5 Å². The molecule has 0 atom stereocenters. The fourth-order valence-electron chi connectivity index (χ4n) is 3.89. The first-order valence-electron chi connectivity index (χ1n) is 8.30. The van der Waals surface area contributed by atoms with Gasteiger partial charge in [0.15, 0.2) is 0 Å². The van der Waals surface area contributed by atoms with Crippen molar-refractivity contribution in [2.24, 2.45) is 0 Å². The number of hydrogen-bond donors (Lipinski definition) is 1. The Labute approximate surface area is 141 Å². The van der Waals surface area contributed by atoms with E-state index in [4.69, 9.17) is 4.74 Å². The Balaban J connectivity index is 1.58. The molecule has 4 rings (SSSR count). The van der Waals surface area contributed by atoms with E-state index in [0.29, 0.717) is 0 Å². The first-order chi connectivity index (χ1) is 11.6. The van der Waals surface area contributed by atoms with Gasteiger partial charge in [0.25, 0.3) is 0 Å². The average Bonchev–Trinajstić information content (AvgIpc) is 2.88. The second-order valence-electron chi connectivity index (χ2n) is 6.58. The molecule has 1 saturated heterocycles. The van der Waals surface area contributed by atoms with E-state index in [0.717, 1.165) is 54.3 Å². The monoisotopic (exact) mass is 323 g/mol. The molecule has 1 aromatic carbocycles. The number of fused-ring (bicyclic) bond motifs is 2. The van der Waals surface area contributed by atoms with Gasteiger partial charge in [-0.15, -0.1) is 0 Å². The topological polar surface area (TPSA) is 54.5 Å². The number of amides is 1. The van der Waals surface area contributed by atoms with Crippen LogP contribution in [0.1, 0.15) is 24.0 Å². The summed E-state index contributed by atoms with van der Waals surface area (Å²) in [5, 5.41) is 2.95. The number of methoxy groups -OCH3 is 1. The zero-order valence-corrected chi connectivity index (χ0v) is 14.0. The minimum atomic E-state index is -0.422. The molecule has 0 aliphatic carbocycles. The SMILES string of the molecule is COc1cc(N2CCC3(CC2)C(=O)Nc2ncccc23)ccc1C. The molecule has 124 valence electrons. The lowest BCUT2D eigenvalue weighted by Gasteiger charge is -2.39. The van der Waals surface area contributed by atoms with E-state index in [1.54, 1.807) is 13.3 Å². The summed E-state index contributed by atoms with van der Waals surface area (Å²) in [6, 6.07) is 10.2. The molecule has 0 unspecified atom stereocenters. The maximum absolute atomic E-state index is 12.6. The fourth-order valence-corrected chi connectivity index (χ4v) is 3.89. The Morgan fingerprint density at radius 3 is 2.79 bits per heavy atom. The Morgan fingerprint density at radius 1 is 1.25 bits per heavy atom. The summed E-state index contributed by atoms with van der Waals surface area (Å²) in [5.74, 6) is 1.73. The Bertz CT molecular complexity index is 795. The second-order valence-corrected chi connectivity index (χ2v) is 6.58. The molecular weight excluding hydrogens is 302 g/mol. The molecule has 5 heteroatoms. The third-order valence-electron chi connectivity index (χ3n) is 5.36. The van der Waals surface area contributed by atoms with Crippen LogP contribution in [-0.2, 0) is 10.2 Å². The number of pyridine rings is 1. The number of aromatic nitrogens is 1. The number of rotatable bonds is 2. The molecule has 1 N–H and O–H groups in total. The molecule has 1 amide bonds. The van der Waals surface area contributed by atoms with Crippen molar-refractivity contribution in [2.45, 2.75) is 25.2 Å². The highest BCUT2D eigenvalue weighted by atomic mass is 16.5. The van der Waals surface area contributed by atoms with Crippen molar-refractivity contribution in [1.29, 1.82) is 0 Å². The standard InChI is InChI=1S/C19H21N3O2/c1-13-5-6-14(12-16(13)24-2)22-10-7-19(8-11-22)15-4-3-9-20-17(15)21-18(19)23/h3-6,9,12H,7-8,10-11H2,1-2H3,(H,20,21,23). The summed E-state index contributed by atoms with van der Waals surface area (Å²) in [5.41, 5.74) is 2.91. The van der Waals surface area contributed by atoms with Crippen LogP contribution in [0.2, 0.25) is 0 Å². The molecule has 1 fully saturated rings. The van der Waals surface area contributed by atoms with Gasteiger partial charge in [-0.05, 0) is 37.5 Å². The number of piperidine rings is 1. The summed E-state index contributed by atoms with van der Waals surface area (Å²) in [6.45, 7) is 3.72. The Hall–Kier alpha value is -2.56. The van der Waals surface area contributed by atoms with Gasteiger partial charge in [-0.25, -0.2) is 4.98 Å². The molecule has 24 heavy (non-hydrogen) atoms. The molecule has 2 aliphatic heterocycles. The number of nitrogens with zero attached hydrogens (tertiary/aromatic N) is 2. The zero-order valence-electron chi connectivity index (χ0n) is 14.0. The van der Waals surface area contributed by atoms with Gasteiger partial charge in [0.1, 0.15) is 11.6 Å². The van der Waals surface area contributed by atoms with Crippen molar-refractivity contribution >= 4 is 17.4 Å². The number of benzene rings is 1. The number of nitrogens with one attached hydrogen (secondary N) is 1. The summed E-state index contributed by atoms with van der Waals surface area (Å²) in [7, 11) is 1.70. The van der Waals surface area contributed by atoms with Crippen LogP contribution in [0.3, 0.4) is 0 Å². The van der Waals surface area contributed by atoms with Crippen molar-refractivity contribution in [3.8, 4) is 5.75 Å². The molecular formula is C19H21N3O2. The third-order valence-corrected chi connectivity index (χ3v) is 5.36. The maximum atomic E-state index is 12.6. The fraction of sp³-hybridized carbons (Fsp3) is 0.368. The van der Waals surface area contributed by atoms with Crippen LogP contribution in [0.5, 0.6) is 5.75 Å². The minimum Gasteiger partial charge on any atom is -0.496 e. The summed E-state index contributed by atoms with van der Waals surface area (Å²) in [4.78, 5) is 19.2. The first-order valence-corrected chi connectivity index (χ1v) is 8.30. The van der Waals surface area contributed by atoms with Gasteiger partial charge in [0.2, 0.25) is 5.91 Å². The van der Waals surface area contributed by atoms with E-state index in [1.165, 1.54) is 0 Å². The lowest BCUT2D eigenvalue weighted by atomic mass is 9.74. The summed E-state index contributed by atoms with van der Waals surface area (Å²) < 4.78 is 5.43. The lowest BCUT2D eigenvalue weighted by Crippen LogP contribution is -2.46. The highest BCUT2D eigenvalue weighted by Gasteiger charge is 2.48. The molecule has 1 spiro atoms. The summed E-state index contributed by atoms with van der Waals surface area (Å²) >= 11 is 0. The van der Waals surface area contributed by atoms with Crippen LogP contribution in [0, 0.1) is 6.92 Å². The molecule has 3 heterocycles. The van der Waals surface area contributed by atoms with Crippen molar-refractivity contribution < 1.29 is 9.53 Å². The van der Waals surface area contributed by atoms with Gasteiger partial charge < -0.3 is 15.0 Å². The van der Waals surface area contributed by atoms with Gasteiger partial charge >= 0.3 is 0 Å². The van der Waals surface area contributed by atoms with Crippen LogP contribution < -0.4 is 15.0 Å². The number of carbonyl (C=O) groups excluding carboxylic acids is 1. The Kier molecular flexibility index (Phi) is 3.44. The van der Waals surface area contributed by atoms with E-state index in [9.17, 15) is 4.79 Å². The normalized spacial score (nSPS) is 18.4. The van der Waals surface area contributed by atoms with Gasteiger partial charge in [0.05, 0.1) is 12.5 Å². The highest BCUT2D eigenvalue weighted by molar-refractivity contribution is 6.05. The van der Waals surface area contributed by atoms with Crippen molar-refractivity contribution in [2.75, 3.05) is 30.4 Å². The number of anilines is 2. The minimum absolute atomic E-state index is 0.0948. The van der Waals surface area contributed by atoms with E-state index in [2.05, 4.69) is 33.4 Å². The van der Waals surface area contributed by atoms with E-state index in [1.807, 2.05) is 19.1 Å². The molecule has 0 bridgehead atoms. The molecule has 5 nitrogen and oxygen atoms in total. The quantitative estimate of drug-likeness (QED) is 0.923. The van der Waals surface area contributed by atoms with Gasteiger partial charge in [-0.1, -0.05) is 12.1 Å². The first kappa shape index (κ1) is 15.0. The predicted molar refractivity (Wildman–Crippen MR) is 93.7 cm³/mol. The molecule has 0 saturated carbocycles. The van der Waals surface area contributed by atoms with Gasteiger partial charge in [-0.3, -0.25) is 4.79 Å². The number of ether oxygens (including phenoxy) is 1. The van der Waals surface area contributed by atoms with Crippen LogP contribution in [0.25, 0.3) is 0 Å². The molecule has 2 aliphatic rings. The van der Waals surface area contributed by atoms with Crippen molar-refractivity contribution in [1.82, 2.24) is 4.98 Å². The smallest absolute Gasteiger partial charge is 0.236 e. The number of aryl methyl sites for hydroxylation is 1. The number of carbonyl (C=O) groups is 1. The van der Waals surface area contributed by atoms with Crippen LogP contribution in [0.4, 0.5) is 11.5 Å². The predicted octanol–water partition coefficient (Wildman–Crippen LogP) is 2.89. The van der Waals surface area contributed by atoms with Gasteiger partial charge in [0, 0.05) is 36.6 Å². The van der Waals surface area contributed by atoms with E-state index >= 15 is 0 Å². The largest absolute Gasteiger partial charge is 0.496 e. The third kappa shape index (κ3) is 2.15. The second kappa shape index (κ2) is 5.51. The average molecular weight is 323 g/mol. The zero-order chi connectivity index (χ0) is 16.7. The van der Waals surface area contributed by atoms with Crippen LogP contribution >= 0.6 is 0 Å². The van der Waals surface area contributed by atoms with E-state index < -0.39 is 5.41 Å². The Morgan fingerprint density at radius 2 is 2.04 bits per heavy atom. The lowest BCUT2D eigenvalue weighted by molar-refractivity contribution is -0.121.